The van der Waals surface area contributed by atoms with Crippen LogP contribution in [0.25, 0.3) is 0 Å². The smallest absolute Gasteiger partial charge is 0.339 e. The molecule has 0 atom stereocenters. The predicted octanol–water partition coefficient (Wildman–Crippen LogP) is 1.07. The number of cyclic esters (lactones) is 1. The lowest BCUT2D eigenvalue weighted by Gasteiger charge is -2.07. The number of esters is 1. The van der Waals surface area contributed by atoms with Crippen LogP contribution >= 0.6 is 0 Å². The molecule has 14 heavy (non-hydrogen) atoms. The quantitative estimate of drug-likeness (QED) is 0.573. The predicted molar refractivity (Wildman–Crippen MR) is 49.5 cm³/mol. The SMILES string of the molecule is O=C1N=CCOC(=O)c2ccccc21. The Morgan fingerprint density at radius 3 is 2.64 bits per heavy atom. The van der Waals surface area contributed by atoms with Crippen molar-refractivity contribution in [1.29, 1.82) is 0 Å². The lowest BCUT2D eigenvalue weighted by Crippen LogP contribution is -2.15. The van der Waals surface area contributed by atoms with Crippen LogP contribution in [0, 0.1) is 0 Å². The first-order valence-corrected chi connectivity index (χ1v) is 4.12. The molecule has 1 aliphatic rings. The molecule has 1 amide bonds. The maximum absolute atomic E-state index is 11.4. The third kappa shape index (κ3) is 1.42. The number of benzene rings is 1. The first-order chi connectivity index (χ1) is 6.79. The lowest BCUT2D eigenvalue weighted by atomic mass is 10.1. The summed E-state index contributed by atoms with van der Waals surface area (Å²) in [5.41, 5.74) is 0.558. The normalized spacial score (nSPS) is 15.4. The number of fused-ring (bicyclic) bond motifs is 1. The van der Waals surface area contributed by atoms with Crippen LogP contribution in [0.15, 0.2) is 29.3 Å². The van der Waals surface area contributed by atoms with E-state index >= 15 is 0 Å². The second-order valence-electron chi connectivity index (χ2n) is 2.76. The first kappa shape index (κ1) is 8.62. The molecule has 0 saturated carbocycles. The van der Waals surface area contributed by atoms with Gasteiger partial charge in [0, 0.05) is 6.21 Å². The number of rotatable bonds is 0. The molecule has 2 rings (SSSR count). The van der Waals surface area contributed by atoms with Gasteiger partial charge in [0.15, 0.2) is 0 Å². The van der Waals surface area contributed by atoms with E-state index in [1.165, 1.54) is 6.21 Å². The number of nitrogens with zero attached hydrogens (tertiary/aromatic N) is 1. The minimum atomic E-state index is -0.486. The van der Waals surface area contributed by atoms with Gasteiger partial charge in [-0.15, -0.1) is 0 Å². The van der Waals surface area contributed by atoms with Gasteiger partial charge in [-0.1, -0.05) is 12.1 Å². The number of carbonyl (C=O) groups excluding carboxylic acids is 2. The molecule has 1 aromatic carbocycles. The van der Waals surface area contributed by atoms with Gasteiger partial charge in [-0.2, -0.15) is 0 Å². The van der Waals surface area contributed by atoms with Crippen molar-refractivity contribution in [2.24, 2.45) is 4.99 Å². The minimum Gasteiger partial charge on any atom is -0.456 e. The van der Waals surface area contributed by atoms with Crippen LogP contribution in [0.5, 0.6) is 0 Å². The van der Waals surface area contributed by atoms with Gasteiger partial charge in [0.1, 0.15) is 6.61 Å². The zero-order valence-corrected chi connectivity index (χ0v) is 7.27. The Hall–Kier alpha value is -1.97. The van der Waals surface area contributed by atoms with Crippen LogP contribution in [0.4, 0.5) is 0 Å². The number of carbonyl (C=O) groups is 2. The summed E-state index contributed by atoms with van der Waals surface area (Å²) in [4.78, 5) is 26.4. The molecule has 4 heteroatoms. The third-order valence-corrected chi connectivity index (χ3v) is 1.87. The third-order valence-electron chi connectivity index (χ3n) is 1.87. The number of hydrogen-bond donors (Lipinski definition) is 0. The van der Waals surface area contributed by atoms with Crippen molar-refractivity contribution in [2.45, 2.75) is 0 Å². The monoisotopic (exact) mass is 189 g/mol. The lowest BCUT2D eigenvalue weighted by molar-refractivity contribution is 0.0560. The number of aliphatic imine (C=N–C) groups is 1. The van der Waals surface area contributed by atoms with Crippen LogP contribution in [-0.2, 0) is 4.74 Å². The molecule has 4 nitrogen and oxygen atoms in total. The van der Waals surface area contributed by atoms with E-state index in [0.29, 0.717) is 0 Å². The Morgan fingerprint density at radius 1 is 1.14 bits per heavy atom. The van der Waals surface area contributed by atoms with Crippen molar-refractivity contribution in [2.75, 3.05) is 6.61 Å². The van der Waals surface area contributed by atoms with Crippen molar-refractivity contribution in [3.05, 3.63) is 35.4 Å². The van der Waals surface area contributed by atoms with E-state index in [-0.39, 0.29) is 17.7 Å². The second kappa shape index (κ2) is 3.41. The van der Waals surface area contributed by atoms with E-state index in [2.05, 4.69) is 4.99 Å². The molecule has 1 aromatic rings. The van der Waals surface area contributed by atoms with Crippen LogP contribution in [-0.4, -0.2) is 24.7 Å². The highest BCUT2D eigenvalue weighted by Crippen LogP contribution is 2.12. The Labute approximate surface area is 80.2 Å². The van der Waals surface area contributed by atoms with E-state index in [0.717, 1.165) is 0 Å². The van der Waals surface area contributed by atoms with Gasteiger partial charge in [-0.25, -0.2) is 9.79 Å². The fraction of sp³-hybridized carbons (Fsp3) is 0.100. The van der Waals surface area contributed by atoms with Crippen LogP contribution in [0.1, 0.15) is 20.7 Å². The fourth-order valence-electron chi connectivity index (χ4n) is 1.23. The van der Waals surface area contributed by atoms with E-state index < -0.39 is 11.9 Å². The van der Waals surface area contributed by atoms with Crippen LogP contribution < -0.4 is 0 Å². The summed E-state index contributed by atoms with van der Waals surface area (Å²) in [7, 11) is 0. The van der Waals surface area contributed by atoms with Crippen molar-refractivity contribution >= 4 is 18.1 Å². The molecular formula is C10H7NO3. The zero-order chi connectivity index (χ0) is 9.97. The van der Waals surface area contributed by atoms with E-state index in [1.54, 1.807) is 24.3 Å². The molecule has 70 valence electrons. The molecule has 0 aromatic heterocycles. The van der Waals surface area contributed by atoms with Crippen molar-refractivity contribution in [3.8, 4) is 0 Å². The average molecular weight is 189 g/mol. The highest BCUT2D eigenvalue weighted by molar-refractivity contribution is 6.08. The molecule has 0 aliphatic carbocycles. The van der Waals surface area contributed by atoms with Gasteiger partial charge in [-0.3, -0.25) is 4.79 Å². The van der Waals surface area contributed by atoms with Gasteiger partial charge in [0.05, 0.1) is 11.1 Å². The summed E-state index contributed by atoms with van der Waals surface area (Å²) < 4.78 is 4.82. The Bertz CT molecular complexity index is 423. The van der Waals surface area contributed by atoms with Crippen molar-refractivity contribution in [3.63, 3.8) is 0 Å². The Kier molecular flexibility index (Phi) is 2.10. The molecule has 0 bridgehead atoms. The molecule has 0 radical (unpaired) electrons. The van der Waals surface area contributed by atoms with E-state index in [4.69, 9.17) is 4.74 Å². The van der Waals surface area contributed by atoms with E-state index in [1.807, 2.05) is 0 Å². The number of amides is 1. The Balaban J connectivity index is 2.57. The first-order valence-electron chi connectivity index (χ1n) is 4.12. The summed E-state index contributed by atoms with van der Waals surface area (Å²) in [6.45, 7) is 0.0406. The average Bonchev–Trinajstić information content (AvgIpc) is 2.22. The maximum Gasteiger partial charge on any atom is 0.339 e. The molecule has 1 aliphatic heterocycles. The summed E-state index contributed by atoms with van der Waals surface area (Å²) in [5, 5.41) is 0. The summed E-state index contributed by atoms with van der Waals surface area (Å²) in [5.74, 6) is -0.891. The summed E-state index contributed by atoms with van der Waals surface area (Å²) in [6.07, 6.45) is 1.29. The maximum atomic E-state index is 11.4. The molecule has 0 spiro atoms. The zero-order valence-electron chi connectivity index (χ0n) is 7.27. The highest BCUT2D eigenvalue weighted by Gasteiger charge is 2.18. The van der Waals surface area contributed by atoms with Gasteiger partial charge >= 0.3 is 5.97 Å². The molecular weight excluding hydrogens is 182 g/mol. The molecule has 0 unspecified atom stereocenters. The van der Waals surface area contributed by atoms with Gasteiger partial charge in [0.25, 0.3) is 5.91 Å². The summed E-state index contributed by atoms with van der Waals surface area (Å²) >= 11 is 0. The van der Waals surface area contributed by atoms with Crippen molar-refractivity contribution < 1.29 is 14.3 Å². The topological polar surface area (TPSA) is 55.7 Å². The minimum absolute atomic E-state index is 0.0406. The number of hydrogen-bond acceptors (Lipinski definition) is 3. The van der Waals surface area contributed by atoms with E-state index in [9.17, 15) is 9.59 Å². The van der Waals surface area contributed by atoms with Gasteiger partial charge in [-0.05, 0) is 12.1 Å². The molecule has 0 fully saturated rings. The van der Waals surface area contributed by atoms with Gasteiger partial charge < -0.3 is 4.74 Å². The van der Waals surface area contributed by atoms with Crippen LogP contribution in [0.3, 0.4) is 0 Å². The highest BCUT2D eigenvalue weighted by atomic mass is 16.5. The van der Waals surface area contributed by atoms with Crippen LogP contribution in [0.2, 0.25) is 0 Å². The fourth-order valence-corrected chi connectivity index (χ4v) is 1.23. The molecule has 0 saturated heterocycles. The second-order valence-corrected chi connectivity index (χ2v) is 2.76. The summed E-state index contributed by atoms with van der Waals surface area (Å²) in [6, 6.07) is 6.47. The largest absolute Gasteiger partial charge is 0.456 e. The standard InChI is InChI=1S/C10H7NO3/c12-9-7-3-1-2-4-8(7)10(13)14-6-5-11-9/h1-5H,6H2. The van der Waals surface area contributed by atoms with Crippen molar-refractivity contribution in [1.82, 2.24) is 0 Å². The molecule has 0 N–H and O–H groups in total. The molecule has 1 heterocycles. The van der Waals surface area contributed by atoms with Gasteiger partial charge in [0.2, 0.25) is 0 Å². The Morgan fingerprint density at radius 2 is 1.86 bits per heavy atom. The number of ether oxygens (including phenoxy) is 1.